The second-order valence-electron chi connectivity index (χ2n) is 3.94. The molecule has 0 spiro atoms. The number of nitrogens with zero attached hydrogens (tertiary/aromatic N) is 1. The zero-order valence-corrected chi connectivity index (χ0v) is 11.6. The number of aromatic nitrogens is 1. The molecule has 0 saturated carbocycles. The van der Waals surface area contributed by atoms with Crippen LogP contribution in [0.15, 0.2) is 47.2 Å². The van der Waals surface area contributed by atoms with Gasteiger partial charge in [0.1, 0.15) is 5.82 Å². The Bertz CT molecular complexity index is 516. The van der Waals surface area contributed by atoms with Crippen LogP contribution >= 0.6 is 15.9 Å². The molecule has 1 atom stereocenters. The van der Waals surface area contributed by atoms with Crippen LogP contribution in [0, 0.1) is 5.82 Å². The van der Waals surface area contributed by atoms with Gasteiger partial charge in [0.2, 0.25) is 0 Å². The highest BCUT2D eigenvalue weighted by Crippen LogP contribution is 2.26. The van der Waals surface area contributed by atoms with E-state index in [1.54, 1.807) is 24.5 Å². The predicted molar refractivity (Wildman–Crippen MR) is 73.9 cm³/mol. The van der Waals surface area contributed by atoms with Gasteiger partial charge in [-0.3, -0.25) is 4.98 Å². The zero-order valence-electron chi connectivity index (χ0n) is 10.0. The fourth-order valence-corrected chi connectivity index (χ4v) is 2.27. The number of rotatable bonds is 4. The minimum Gasteiger partial charge on any atom is -0.306 e. The Morgan fingerprint density at radius 2 is 2.22 bits per heavy atom. The molecule has 0 saturated heterocycles. The summed E-state index contributed by atoms with van der Waals surface area (Å²) in [6.45, 7) is 2.75. The molecule has 0 aliphatic carbocycles. The van der Waals surface area contributed by atoms with Crippen LogP contribution in [0.1, 0.15) is 24.1 Å². The van der Waals surface area contributed by atoms with Gasteiger partial charge in [-0.15, -0.1) is 0 Å². The van der Waals surface area contributed by atoms with E-state index in [0.29, 0.717) is 5.56 Å². The summed E-state index contributed by atoms with van der Waals surface area (Å²) >= 11 is 3.38. The third kappa shape index (κ3) is 2.94. The molecular weight excluding hydrogens is 295 g/mol. The molecule has 0 amide bonds. The van der Waals surface area contributed by atoms with Crippen molar-refractivity contribution in [1.82, 2.24) is 10.3 Å². The molecule has 0 aliphatic rings. The first-order valence-electron chi connectivity index (χ1n) is 5.80. The summed E-state index contributed by atoms with van der Waals surface area (Å²) in [6.07, 6.45) is 3.47. The number of nitrogens with one attached hydrogen (secondary N) is 1. The molecule has 0 fully saturated rings. The van der Waals surface area contributed by atoms with Crippen molar-refractivity contribution in [2.45, 2.75) is 13.0 Å². The van der Waals surface area contributed by atoms with Crippen LogP contribution < -0.4 is 5.32 Å². The summed E-state index contributed by atoms with van der Waals surface area (Å²) in [6, 6.07) is 8.60. The quantitative estimate of drug-likeness (QED) is 0.932. The van der Waals surface area contributed by atoms with Gasteiger partial charge in [-0.2, -0.15) is 0 Å². The summed E-state index contributed by atoms with van der Waals surface area (Å²) in [5.41, 5.74) is 1.58. The van der Waals surface area contributed by atoms with Gasteiger partial charge in [-0.05, 0) is 36.4 Å². The molecule has 2 nitrogen and oxygen atoms in total. The van der Waals surface area contributed by atoms with Crippen molar-refractivity contribution < 1.29 is 4.39 Å². The van der Waals surface area contributed by atoms with E-state index in [4.69, 9.17) is 0 Å². The fraction of sp³-hybridized carbons (Fsp3) is 0.214. The van der Waals surface area contributed by atoms with Crippen molar-refractivity contribution in [3.63, 3.8) is 0 Å². The van der Waals surface area contributed by atoms with Crippen LogP contribution in [-0.2, 0) is 0 Å². The van der Waals surface area contributed by atoms with Crippen LogP contribution in [0.2, 0.25) is 0 Å². The van der Waals surface area contributed by atoms with Crippen LogP contribution in [0.3, 0.4) is 0 Å². The van der Waals surface area contributed by atoms with Gasteiger partial charge >= 0.3 is 0 Å². The van der Waals surface area contributed by atoms with Crippen molar-refractivity contribution in [2.24, 2.45) is 0 Å². The van der Waals surface area contributed by atoms with E-state index in [1.807, 2.05) is 19.1 Å². The standard InChI is InChI=1S/C14H14BrFN2/c1-2-18-14(10-4-3-7-17-9-10)12-8-11(15)5-6-13(12)16/h3-9,14,18H,2H2,1H3. The summed E-state index contributed by atoms with van der Waals surface area (Å²) < 4.78 is 14.8. The van der Waals surface area contributed by atoms with E-state index in [-0.39, 0.29) is 11.9 Å². The van der Waals surface area contributed by atoms with E-state index < -0.39 is 0 Å². The van der Waals surface area contributed by atoms with Gasteiger partial charge in [0, 0.05) is 22.4 Å². The van der Waals surface area contributed by atoms with Gasteiger partial charge in [0.15, 0.2) is 0 Å². The minimum absolute atomic E-state index is 0.179. The zero-order chi connectivity index (χ0) is 13.0. The lowest BCUT2D eigenvalue weighted by molar-refractivity contribution is 0.558. The molecule has 1 unspecified atom stereocenters. The van der Waals surface area contributed by atoms with E-state index >= 15 is 0 Å². The number of hydrogen-bond acceptors (Lipinski definition) is 2. The number of hydrogen-bond donors (Lipinski definition) is 1. The highest BCUT2D eigenvalue weighted by Gasteiger charge is 2.17. The Kier molecular flexibility index (Phi) is 4.44. The second-order valence-corrected chi connectivity index (χ2v) is 4.86. The van der Waals surface area contributed by atoms with E-state index in [2.05, 4.69) is 26.2 Å². The van der Waals surface area contributed by atoms with Crippen LogP contribution in [-0.4, -0.2) is 11.5 Å². The van der Waals surface area contributed by atoms with Gasteiger partial charge < -0.3 is 5.32 Å². The molecule has 2 aromatic rings. The summed E-state index contributed by atoms with van der Waals surface area (Å²) in [5, 5.41) is 3.28. The summed E-state index contributed by atoms with van der Waals surface area (Å²) in [7, 11) is 0. The Balaban J connectivity index is 2.44. The van der Waals surface area contributed by atoms with Crippen molar-refractivity contribution in [1.29, 1.82) is 0 Å². The van der Waals surface area contributed by atoms with Crippen LogP contribution in [0.5, 0.6) is 0 Å². The van der Waals surface area contributed by atoms with Gasteiger partial charge in [-0.1, -0.05) is 28.9 Å². The maximum atomic E-state index is 13.9. The lowest BCUT2D eigenvalue weighted by atomic mass is 9.99. The minimum atomic E-state index is -0.215. The van der Waals surface area contributed by atoms with E-state index in [9.17, 15) is 4.39 Å². The molecule has 18 heavy (non-hydrogen) atoms. The normalized spacial score (nSPS) is 12.4. The maximum Gasteiger partial charge on any atom is 0.128 e. The van der Waals surface area contributed by atoms with E-state index in [1.165, 1.54) is 6.07 Å². The molecule has 94 valence electrons. The molecule has 1 aromatic heterocycles. The van der Waals surface area contributed by atoms with Gasteiger partial charge in [0.25, 0.3) is 0 Å². The molecule has 0 bridgehead atoms. The average Bonchev–Trinajstić information content (AvgIpc) is 2.40. The highest BCUT2D eigenvalue weighted by molar-refractivity contribution is 9.10. The smallest absolute Gasteiger partial charge is 0.128 e. The molecule has 2 rings (SSSR count). The number of benzene rings is 1. The summed E-state index contributed by atoms with van der Waals surface area (Å²) in [4.78, 5) is 4.09. The average molecular weight is 309 g/mol. The Labute approximate surface area is 114 Å². The fourth-order valence-electron chi connectivity index (χ4n) is 1.89. The van der Waals surface area contributed by atoms with Crippen LogP contribution in [0.4, 0.5) is 4.39 Å². The van der Waals surface area contributed by atoms with Gasteiger partial charge in [-0.25, -0.2) is 4.39 Å². The first-order chi connectivity index (χ1) is 8.72. The molecule has 1 N–H and O–H groups in total. The third-order valence-electron chi connectivity index (χ3n) is 2.70. The Hall–Kier alpha value is -1.26. The van der Waals surface area contributed by atoms with Crippen molar-refractivity contribution in [3.05, 3.63) is 64.1 Å². The van der Waals surface area contributed by atoms with Crippen molar-refractivity contribution in [2.75, 3.05) is 6.54 Å². The molecule has 4 heteroatoms. The molecule has 1 heterocycles. The molecular formula is C14H14BrFN2. The number of halogens is 2. The maximum absolute atomic E-state index is 13.9. The molecule has 0 radical (unpaired) electrons. The summed E-state index contributed by atoms with van der Waals surface area (Å²) in [5.74, 6) is -0.215. The third-order valence-corrected chi connectivity index (χ3v) is 3.19. The lowest BCUT2D eigenvalue weighted by Gasteiger charge is -2.19. The second kappa shape index (κ2) is 6.07. The first-order valence-corrected chi connectivity index (χ1v) is 6.60. The topological polar surface area (TPSA) is 24.9 Å². The SMILES string of the molecule is CCNC(c1cccnc1)c1cc(Br)ccc1F. The number of pyridine rings is 1. The Morgan fingerprint density at radius 1 is 1.39 bits per heavy atom. The van der Waals surface area contributed by atoms with Gasteiger partial charge in [0.05, 0.1) is 6.04 Å². The van der Waals surface area contributed by atoms with E-state index in [0.717, 1.165) is 16.6 Å². The lowest BCUT2D eigenvalue weighted by Crippen LogP contribution is -2.23. The monoisotopic (exact) mass is 308 g/mol. The molecule has 0 aliphatic heterocycles. The van der Waals surface area contributed by atoms with Crippen molar-refractivity contribution in [3.8, 4) is 0 Å². The van der Waals surface area contributed by atoms with Crippen LogP contribution in [0.25, 0.3) is 0 Å². The van der Waals surface area contributed by atoms with Crippen molar-refractivity contribution >= 4 is 15.9 Å². The largest absolute Gasteiger partial charge is 0.306 e. The first kappa shape index (κ1) is 13.2. The highest BCUT2D eigenvalue weighted by atomic mass is 79.9. The molecule has 1 aromatic carbocycles. The predicted octanol–water partition coefficient (Wildman–Crippen LogP) is 3.68. The Morgan fingerprint density at radius 3 is 2.89 bits per heavy atom.